The maximum atomic E-state index is 12.2. The van der Waals surface area contributed by atoms with Gasteiger partial charge in [0.15, 0.2) is 0 Å². The van der Waals surface area contributed by atoms with Crippen LogP contribution in [0.3, 0.4) is 0 Å². The first kappa shape index (κ1) is 15.5. The third kappa shape index (κ3) is 3.61. The summed E-state index contributed by atoms with van der Waals surface area (Å²) in [7, 11) is 0. The highest BCUT2D eigenvalue weighted by Crippen LogP contribution is 2.16. The zero-order valence-electron chi connectivity index (χ0n) is 12.1. The van der Waals surface area contributed by atoms with Gasteiger partial charge in [0, 0.05) is 11.5 Å². The van der Waals surface area contributed by atoms with Crippen molar-refractivity contribution in [1.29, 1.82) is 5.26 Å². The molecule has 1 amide bonds. The zero-order valence-corrected chi connectivity index (χ0v) is 12.1. The van der Waals surface area contributed by atoms with Gasteiger partial charge in [0.25, 0.3) is 5.91 Å². The molecule has 0 spiro atoms. The minimum Gasteiger partial charge on any atom is -0.480 e. The number of fused-ring (bicyclic) bond motifs is 1. The van der Waals surface area contributed by atoms with Gasteiger partial charge in [-0.2, -0.15) is 5.26 Å². The number of carboxylic acid groups (broad SMARTS) is 1. The molecule has 0 aliphatic heterocycles. The van der Waals surface area contributed by atoms with Crippen LogP contribution in [0.15, 0.2) is 42.5 Å². The summed E-state index contributed by atoms with van der Waals surface area (Å²) in [6.45, 7) is 1.62. The summed E-state index contributed by atoms with van der Waals surface area (Å²) < 4.78 is 0. The molecule has 0 saturated heterocycles. The first-order chi connectivity index (χ1) is 10.5. The van der Waals surface area contributed by atoms with Crippen LogP contribution in [0.5, 0.6) is 0 Å². The van der Waals surface area contributed by atoms with Gasteiger partial charge in [0.2, 0.25) is 0 Å². The number of hydrogen-bond acceptors (Lipinski definition) is 3. The average molecular weight is 296 g/mol. The summed E-state index contributed by atoms with van der Waals surface area (Å²) in [6.07, 6.45) is 0.0746. The van der Waals surface area contributed by atoms with Crippen LogP contribution in [0.25, 0.3) is 10.8 Å². The van der Waals surface area contributed by atoms with Crippen LogP contribution in [-0.4, -0.2) is 23.0 Å². The quantitative estimate of drug-likeness (QED) is 0.887. The SMILES string of the molecule is C[C@H](C#N)C[C@H](NC(=O)c1ccc2ccccc2c1)C(=O)O. The van der Waals surface area contributed by atoms with Gasteiger partial charge in [-0.25, -0.2) is 4.79 Å². The van der Waals surface area contributed by atoms with Gasteiger partial charge in [-0.05, 0) is 36.2 Å². The zero-order chi connectivity index (χ0) is 16.1. The number of aliphatic carboxylic acids is 1. The number of carbonyl (C=O) groups is 2. The molecule has 112 valence electrons. The van der Waals surface area contributed by atoms with E-state index in [1.54, 1.807) is 19.1 Å². The predicted octanol–water partition coefficient (Wildman–Crippen LogP) is 2.57. The molecule has 0 aliphatic carbocycles. The predicted molar refractivity (Wildman–Crippen MR) is 82.2 cm³/mol. The summed E-state index contributed by atoms with van der Waals surface area (Å²) in [6, 6.07) is 13.7. The Labute approximate surface area is 128 Å². The van der Waals surface area contributed by atoms with E-state index in [2.05, 4.69) is 5.32 Å². The summed E-state index contributed by atoms with van der Waals surface area (Å²) >= 11 is 0. The van der Waals surface area contributed by atoms with Crippen LogP contribution >= 0.6 is 0 Å². The Morgan fingerprint density at radius 2 is 1.91 bits per heavy atom. The molecule has 2 aromatic rings. The van der Waals surface area contributed by atoms with Crippen molar-refractivity contribution >= 4 is 22.6 Å². The molecule has 0 heterocycles. The topological polar surface area (TPSA) is 90.2 Å². The number of nitriles is 1. The third-order valence-electron chi connectivity index (χ3n) is 3.42. The molecule has 2 N–H and O–H groups in total. The number of rotatable bonds is 5. The van der Waals surface area contributed by atoms with Crippen LogP contribution in [0.4, 0.5) is 0 Å². The maximum Gasteiger partial charge on any atom is 0.326 e. The lowest BCUT2D eigenvalue weighted by atomic mass is 10.0. The molecule has 0 aliphatic rings. The van der Waals surface area contributed by atoms with Crippen LogP contribution in [0.2, 0.25) is 0 Å². The van der Waals surface area contributed by atoms with Gasteiger partial charge < -0.3 is 10.4 Å². The van der Waals surface area contributed by atoms with Crippen molar-refractivity contribution in [3.05, 3.63) is 48.0 Å². The van der Waals surface area contributed by atoms with Gasteiger partial charge in [0.1, 0.15) is 6.04 Å². The van der Waals surface area contributed by atoms with Crippen LogP contribution in [0.1, 0.15) is 23.7 Å². The Hall–Kier alpha value is -2.87. The molecular weight excluding hydrogens is 280 g/mol. The standard InChI is InChI=1S/C17H16N2O3/c1-11(10-18)8-15(17(21)22)19-16(20)14-7-6-12-4-2-3-5-13(12)9-14/h2-7,9,11,15H,8H2,1H3,(H,19,20)(H,21,22)/t11-,15-/m0/s1. The summed E-state index contributed by atoms with van der Waals surface area (Å²) in [4.78, 5) is 23.4. The fourth-order valence-electron chi connectivity index (χ4n) is 2.20. The number of carbonyl (C=O) groups excluding carboxylic acids is 1. The third-order valence-corrected chi connectivity index (χ3v) is 3.42. The highest BCUT2D eigenvalue weighted by molar-refractivity contribution is 6.00. The Morgan fingerprint density at radius 1 is 1.23 bits per heavy atom. The lowest BCUT2D eigenvalue weighted by Gasteiger charge is -2.15. The van der Waals surface area contributed by atoms with Crippen LogP contribution in [0, 0.1) is 17.2 Å². The minimum atomic E-state index is -1.14. The van der Waals surface area contributed by atoms with E-state index in [-0.39, 0.29) is 6.42 Å². The van der Waals surface area contributed by atoms with Crippen LogP contribution < -0.4 is 5.32 Å². The fourth-order valence-corrected chi connectivity index (χ4v) is 2.20. The second-order valence-corrected chi connectivity index (χ2v) is 5.19. The number of nitrogens with zero attached hydrogens (tertiary/aromatic N) is 1. The summed E-state index contributed by atoms with van der Waals surface area (Å²) in [5.41, 5.74) is 0.398. The number of amides is 1. The van der Waals surface area contributed by atoms with Crippen molar-refractivity contribution in [2.24, 2.45) is 5.92 Å². The van der Waals surface area contributed by atoms with Crippen molar-refractivity contribution in [2.75, 3.05) is 0 Å². The van der Waals surface area contributed by atoms with E-state index in [9.17, 15) is 9.59 Å². The molecule has 0 bridgehead atoms. The van der Waals surface area contributed by atoms with Crippen molar-refractivity contribution in [2.45, 2.75) is 19.4 Å². The molecule has 0 fully saturated rings. The smallest absolute Gasteiger partial charge is 0.326 e. The normalized spacial score (nSPS) is 13.1. The van der Waals surface area contributed by atoms with Gasteiger partial charge in [0.05, 0.1) is 6.07 Å². The molecule has 2 rings (SSSR count). The summed E-state index contributed by atoms with van der Waals surface area (Å²) in [5.74, 6) is -2.04. The first-order valence-corrected chi connectivity index (χ1v) is 6.93. The summed E-state index contributed by atoms with van der Waals surface area (Å²) in [5, 5.41) is 22.3. The Morgan fingerprint density at radius 3 is 2.55 bits per heavy atom. The van der Waals surface area contributed by atoms with Crippen LogP contribution in [-0.2, 0) is 4.79 Å². The molecule has 22 heavy (non-hydrogen) atoms. The molecule has 2 aromatic carbocycles. The van der Waals surface area contributed by atoms with E-state index < -0.39 is 23.8 Å². The van der Waals surface area contributed by atoms with Crippen molar-refractivity contribution in [1.82, 2.24) is 5.32 Å². The molecule has 5 heteroatoms. The van der Waals surface area contributed by atoms with E-state index in [1.165, 1.54) is 0 Å². The minimum absolute atomic E-state index is 0.0746. The maximum absolute atomic E-state index is 12.2. The second kappa shape index (κ2) is 6.72. The van der Waals surface area contributed by atoms with Crippen molar-refractivity contribution < 1.29 is 14.7 Å². The van der Waals surface area contributed by atoms with Gasteiger partial charge in [-0.1, -0.05) is 30.3 Å². The van der Waals surface area contributed by atoms with E-state index in [0.29, 0.717) is 5.56 Å². The van der Waals surface area contributed by atoms with E-state index in [0.717, 1.165) is 10.8 Å². The Bertz CT molecular complexity index is 749. The first-order valence-electron chi connectivity index (χ1n) is 6.93. The lowest BCUT2D eigenvalue weighted by Crippen LogP contribution is -2.41. The Kier molecular flexibility index (Phi) is 4.74. The van der Waals surface area contributed by atoms with E-state index >= 15 is 0 Å². The number of carboxylic acids is 1. The van der Waals surface area contributed by atoms with E-state index in [1.807, 2.05) is 36.4 Å². The highest BCUT2D eigenvalue weighted by atomic mass is 16.4. The Balaban J connectivity index is 2.18. The molecule has 0 aromatic heterocycles. The van der Waals surface area contributed by atoms with Gasteiger partial charge in [-0.15, -0.1) is 0 Å². The number of hydrogen-bond donors (Lipinski definition) is 2. The fraction of sp³-hybridized carbons (Fsp3) is 0.235. The number of benzene rings is 2. The number of nitrogens with one attached hydrogen (secondary N) is 1. The van der Waals surface area contributed by atoms with Gasteiger partial charge >= 0.3 is 5.97 Å². The molecule has 2 atom stereocenters. The molecule has 0 unspecified atom stereocenters. The molecule has 0 saturated carbocycles. The average Bonchev–Trinajstić information content (AvgIpc) is 2.53. The monoisotopic (exact) mass is 296 g/mol. The molecule has 0 radical (unpaired) electrons. The van der Waals surface area contributed by atoms with Gasteiger partial charge in [-0.3, -0.25) is 4.79 Å². The largest absolute Gasteiger partial charge is 0.480 e. The lowest BCUT2D eigenvalue weighted by molar-refractivity contribution is -0.139. The van der Waals surface area contributed by atoms with Crippen molar-refractivity contribution in [3.8, 4) is 6.07 Å². The second-order valence-electron chi connectivity index (χ2n) is 5.19. The molecular formula is C17H16N2O3. The molecule has 5 nitrogen and oxygen atoms in total. The van der Waals surface area contributed by atoms with E-state index in [4.69, 9.17) is 10.4 Å². The van der Waals surface area contributed by atoms with Crippen molar-refractivity contribution in [3.63, 3.8) is 0 Å². The highest BCUT2D eigenvalue weighted by Gasteiger charge is 2.23.